The third kappa shape index (κ3) is 3.38. The van der Waals surface area contributed by atoms with Crippen LogP contribution in [0, 0.1) is 19.8 Å². The van der Waals surface area contributed by atoms with Crippen molar-refractivity contribution in [3.63, 3.8) is 0 Å². The Balaban J connectivity index is 1.64. The molecule has 1 aliphatic carbocycles. The lowest BCUT2D eigenvalue weighted by Crippen LogP contribution is -2.16. The average Bonchev–Trinajstić information content (AvgIpc) is 2.95. The number of aromatic nitrogens is 1. The highest BCUT2D eigenvalue weighted by molar-refractivity contribution is 5.26. The van der Waals surface area contributed by atoms with Gasteiger partial charge in [0, 0.05) is 25.0 Å². The molecule has 1 aromatic heterocycles. The van der Waals surface area contributed by atoms with Crippen LogP contribution in [0.1, 0.15) is 55.5 Å². The summed E-state index contributed by atoms with van der Waals surface area (Å²) in [4.78, 5) is 0. The molecule has 0 unspecified atom stereocenters. The zero-order valence-corrected chi connectivity index (χ0v) is 12.3. The van der Waals surface area contributed by atoms with Gasteiger partial charge in [-0.3, -0.25) is 0 Å². The lowest BCUT2D eigenvalue weighted by atomic mass is 10.0. The highest BCUT2D eigenvalue weighted by Gasteiger charge is 2.13. The van der Waals surface area contributed by atoms with E-state index < -0.39 is 0 Å². The maximum absolute atomic E-state index is 3.59. The van der Waals surface area contributed by atoms with Gasteiger partial charge in [0.15, 0.2) is 0 Å². The summed E-state index contributed by atoms with van der Waals surface area (Å²) < 4.78 is 2.27. The molecule has 102 valence electrons. The molecule has 0 atom stereocenters. The molecule has 0 aromatic carbocycles. The normalized spacial score (nSPS) is 16.6. The highest BCUT2D eigenvalue weighted by Crippen LogP contribution is 2.28. The van der Waals surface area contributed by atoms with Crippen LogP contribution in [0.3, 0.4) is 0 Å². The minimum atomic E-state index is 1.03. The largest absolute Gasteiger partial charge is 0.352 e. The van der Waals surface area contributed by atoms with Crippen LogP contribution >= 0.6 is 0 Å². The van der Waals surface area contributed by atoms with E-state index in [1.54, 1.807) is 0 Å². The Morgan fingerprint density at radius 2 is 2.00 bits per heavy atom. The molecular formula is C16H28N2. The minimum Gasteiger partial charge on any atom is -0.352 e. The van der Waals surface area contributed by atoms with E-state index in [-0.39, 0.29) is 0 Å². The Kier molecular flexibility index (Phi) is 4.87. The zero-order valence-electron chi connectivity index (χ0n) is 12.3. The predicted molar refractivity (Wildman–Crippen MR) is 77.8 cm³/mol. The van der Waals surface area contributed by atoms with Crippen molar-refractivity contribution in [2.24, 2.45) is 13.0 Å². The molecule has 1 fully saturated rings. The van der Waals surface area contributed by atoms with Gasteiger partial charge >= 0.3 is 0 Å². The Bertz CT molecular complexity index is 373. The molecule has 1 N–H and O–H groups in total. The van der Waals surface area contributed by atoms with E-state index in [4.69, 9.17) is 0 Å². The van der Waals surface area contributed by atoms with Gasteiger partial charge in [-0.25, -0.2) is 0 Å². The molecule has 0 spiro atoms. The first-order valence-electron chi connectivity index (χ1n) is 7.51. The van der Waals surface area contributed by atoms with Gasteiger partial charge in [-0.1, -0.05) is 25.7 Å². The van der Waals surface area contributed by atoms with Crippen LogP contribution in [0.25, 0.3) is 0 Å². The van der Waals surface area contributed by atoms with Crippen molar-refractivity contribution < 1.29 is 0 Å². The number of rotatable bonds is 6. The van der Waals surface area contributed by atoms with Gasteiger partial charge in [-0.2, -0.15) is 0 Å². The quantitative estimate of drug-likeness (QED) is 0.760. The summed E-state index contributed by atoms with van der Waals surface area (Å²) in [5.74, 6) is 1.03. The topological polar surface area (TPSA) is 17.0 Å². The van der Waals surface area contributed by atoms with Crippen LogP contribution in [0.4, 0.5) is 0 Å². The van der Waals surface area contributed by atoms with Crippen molar-refractivity contribution in [3.05, 3.63) is 23.0 Å². The van der Waals surface area contributed by atoms with Crippen LogP contribution in [-0.2, 0) is 13.6 Å². The van der Waals surface area contributed by atoms with Crippen LogP contribution < -0.4 is 5.32 Å². The molecule has 1 aromatic rings. The highest BCUT2D eigenvalue weighted by atomic mass is 15.0. The fraction of sp³-hybridized carbons (Fsp3) is 0.750. The summed E-state index contributed by atoms with van der Waals surface area (Å²) in [6.07, 6.45) is 8.68. The maximum atomic E-state index is 3.59. The van der Waals surface area contributed by atoms with E-state index in [2.05, 4.69) is 36.8 Å². The van der Waals surface area contributed by atoms with Gasteiger partial charge in [-0.05, 0) is 50.8 Å². The summed E-state index contributed by atoms with van der Waals surface area (Å²) in [6, 6.07) is 2.30. The van der Waals surface area contributed by atoms with E-state index in [9.17, 15) is 0 Å². The van der Waals surface area contributed by atoms with Crippen LogP contribution in [0.5, 0.6) is 0 Å². The number of nitrogens with zero attached hydrogens (tertiary/aromatic N) is 1. The van der Waals surface area contributed by atoms with Crippen molar-refractivity contribution in [1.29, 1.82) is 0 Å². The van der Waals surface area contributed by atoms with Crippen molar-refractivity contribution in [3.8, 4) is 0 Å². The Labute approximate surface area is 112 Å². The van der Waals surface area contributed by atoms with Crippen molar-refractivity contribution in [1.82, 2.24) is 9.88 Å². The van der Waals surface area contributed by atoms with E-state index >= 15 is 0 Å². The first-order chi connectivity index (χ1) is 8.68. The molecule has 1 saturated carbocycles. The molecular weight excluding hydrogens is 220 g/mol. The summed E-state index contributed by atoms with van der Waals surface area (Å²) in [6.45, 7) is 6.58. The van der Waals surface area contributed by atoms with Crippen LogP contribution in [0.2, 0.25) is 0 Å². The monoisotopic (exact) mass is 248 g/mol. The van der Waals surface area contributed by atoms with Crippen molar-refractivity contribution in [2.45, 2.75) is 58.9 Å². The minimum absolute atomic E-state index is 1.03. The second-order valence-electron chi connectivity index (χ2n) is 5.92. The first-order valence-corrected chi connectivity index (χ1v) is 7.51. The van der Waals surface area contributed by atoms with Crippen molar-refractivity contribution >= 4 is 0 Å². The Morgan fingerprint density at radius 3 is 2.61 bits per heavy atom. The van der Waals surface area contributed by atoms with Gasteiger partial charge in [0.1, 0.15) is 0 Å². The second-order valence-corrected chi connectivity index (χ2v) is 5.92. The third-order valence-electron chi connectivity index (χ3n) is 4.64. The standard InChI is InChI=1S/C16H28N2/c1-13-11-16(14(2)18(13)3)12-17-10-6-9-15-7-4-5-8-15/h11,15,17H,4-10,12H2,1-3H3. The van der Waals surface area contributed by atoms with Gasteiger partial charge in [0.2, 0.25) is 0 Å². The number of hydrogen-bond acceptors (Lipinski definition) is 1. The fourth-order valence-corrected chi connectivity index (χ4v) is 3.15. The lowest BCUT2D eigenvalue weighted by Gasteiger charge is -2.09. The van der Waals surface area contributed by atoms with Gasteiger partial charge in [0.25, 0.3) is 0 Å². The molecule has 0 aliphatic heterocycles. The Hall–Kier alpha value is -0.760. The molecule has 2 rings (SSSR count). The maximum Gasteiger partial charge on any atom is 0.0223 e. The van der Waals surface area contributed by atoms with E-state index in [1.165, 1.54) is 62.0 Å². The number of nitrogens with one attached hydrogen (secondary N) is 1. The van der Waals surface area contributed by atoms with E-state index in [0.29, 0.717) is 0 Å². The number of aryl methyl sites for hydroxylation is 1. The molecule has 18 heavy (non-hydrogen) atoms. The Morgan fingerprint density at radius 1 is 1.28 bits per heavy atom. The van der Waals surface area contributed by atoms with Gasteiger partial charge in [0.05, 0.1) is 0 Å². The molecule has 2 nitrogen and oxygen atoms in total. The van der Waals surface area contributed by atoms with Gasteiger partial charge < -0.3 is 9.88 Å². The molecule has 0 bridgehead atoms. The SMILES string of the molecule is Cc1cc(CNCCCC2CCCC2)c(C)n1C. The number of hydrogen-bond donors (Lipinski definition) is 1. The molecule has 1 aliphatic rings. The third-order valence-corrected chi connectivity index (χ3v) is 4.64. The summed E-state index contributed by atoms with van der Waals surface area (Å²) in [5, 5.41) is 3.59. The molecule has 1 heterocycles. The summed E-state index contributed by atoms with van der Waals surface area (Å²) in [5.41, 5.74) is 4.21. The van der Waals surface area contributed by atoms with Gasteiger partial charge in [-0.15, -0.1) is 0 Å². The second kappa shape index (κ2) is 6.42. The molecule has 0 saturated heterocycles. The van der Waals surface area contributed by atoms with Crippen LogP contribution in [-0.4, -0.2) is 11.1 Å². The fourth-order valence-electron chi connectivity index (χ4n) is 3.15. The lowest BCUT2D eigenvalue weighted by molar-refractivity contribution is 0.470. The summed E-state index contributed by atoms with van der Waals surface area (Å²) >= 11 is 0. The van der Waals surface area contributed by atoms with Crippen molar-refractivity contribution in [2.75, 3.05) is 6.54 Å². The first kappa shape index (κ1) is 13.7. The molecule has 0 radical (unpaired) electrons. The smallest absolute Gasteiger partial charge is 0.0223 e. The van der Waals surface area contributed by atoms with Crippen LogP contribution in [0.15, 0.2) is 6.07 Å². The van der Waals surface area contributed by atoms with E-state index in [1.807, 2.05) is 0 Å². The predicted octanol–water partition coefficient (Wildman–Crippen LogP) is 3.70. The molecule has 0 amide bonds. The summed E-state index contributed by atoms with van der Waals surface area (Å²) in [7, 11) is 2.15. The average molecular weight is 248 g/mol. The zero-order chi connectivity index (χ0) is 13.0. The molecule has 2 heteroatoms. The van der Waals surface area contributed by atoms with E-state index in [0.717, 1.165) is 12.5 Å².